The van der Waals surface area contributed by atoms with E-state index in [-0.39, 0.29) is 29.2 Å². The van der Waals surface area contributed by atoms with Crippen LogP contribution in [0.3, 0.4) is 0 Å². The van der Waals surface area contributed by atoms with Crippen molar-refractivity contribution < 1.29 is 23.1 Å². The van der Waals surface area contributed by atoms with E-state index in [0.717, 1.165) is 109 Å². The second-order valence-electron chi connectivity index (χ2n) is 15.7. The molecule has 3 aromatic rings. The summed E-state index contributed by atoms with van der Waals surface area (Å²) in [7, 11) is 0.979. The molecule has 0 radical (unpaired) electrons. The number of carbonyl (C=O) groups excluding carboxylic acids is 2. The summed E-state index contributed by atoms with van der Waals surface area (Å²) in [6.45, 7) is 3.28. The fraction of sp³-hybridized carbons (Fsp3) is 0.579. The van der Waals surface area contributed by atoms with E-state index in [4.69, 9.17) is 0 Å². The Balaban J connectivity index is 1.29. The molecular formula is C38H49N5O5S. The number of likely N-dealkylation sites (tertiary alicyclic amines) is 2. The zero-order valence-corrected chi connectivity index (χ0v) is 29.8. The predicted molar refractivity (Wildman–Crippen MR) is 190 cm³/mol. The summed E-state index contributed by atoms with van der Waals surface area (Å²) in [5, 5.41) is 11.9. The van der Waals surface area contributed by atoms with E-state index < -0.39 is 21.5 Å². The standard InChI is InChI=1S/C38H49N5O5S/c1-40(2)49(47,48)39-36(45)25-12-14-29-33(19-25)43-23-38(37(46)42-17-8-7-11-26-22-41(3)18-16-32(26)42)21-31(38)30-20-27(44)13-15-28(30)35(43)34(29)24-9-5-4-6-10-24/h12-15,19-20,24,26,31-32,44H,4-11,16-18,21-23H2,1-3H3,(H,39,45). The number of aromatic hydroxyl groups is 1. The first-order valence-corrected chi connectivity index (χ1v) is 19.7. The number of phenolic OH excluding ortho intramolecular Hbond substituents is 1. The molecule has 2 aliphatic carbocycles. The predicted octanol–water partition coefficient (Wildman–Crippen LogP) is 5.42. The molecule has 8 rings (SSSR count). The molecule has 1 aromatic heterocycles. The summed E-state index contributed by atoms with van der Waals surface area (Å²) < 4.78 is 30.7. The molecule has 4 atom stereocenters. The number of piperidine rings is 1. The van der Waals surface area contributed by atoms with Crippen molar-refractivity contribution >= 4 is 32.9 Å². The smallest absolute Gasteiger partial charge is 0.303 e. The van der Waals surface area contributed by atoms with Crippen molar-refractivity contribution in [2.24, 2.45) is 11.3 Å². The van der Waals surface area contributed by atoms with Crippen LogP contribution >= 0.6 is 0 Å². The van der Waals surface area contributed by atoms with Crippen molar-refractivity contribution in [3.8, 4) is 17.0 Å². The average molecular weight is 688 g/mol. The van der Waals surface area contributed by atoms with E-state index >= 15 is 4.79 Å². The molecule has 10 nitrogen and oxygen atoms in total. The van der Waals surface area contributed by atoms with Gasteiger partial charge < -0.3 is 19.5 Å². The van der Waals surface area contributed by atoms with Gasteiger partial charge in [0, 0.05) is 67.7 Å². The van der Waals surface area contributed by atoms with Crippen LogP contribution in [0.25, 0.3) is 22.2 Å². The van der Waals surface area contributed by atoms with Gasteiger partial charge in [0.25, 0.3) is 5.91 Å². The van der Waals surface area contributed by atoms with Gasteiger partial charge in [-0.3, -0.25) is 9.59 Å². The number of fused-ring (bicyclic) bond motifs is 8. The number of amides is 2. The minimum Gasteiger partial charge on any atom is -0.508 e. The highest BCUT2D eigenvalue weighted by Crippen LogP contribution is 2.66. The van der Waals surface area contributed by atoms with Crippen molar-refractivity contribution in [1.82, 2.24) is 23.4 Å². The van der Waals surface area contributed by atoms with E-state index in [1.54, 1.807) is 12.1 Å². The zero-order valence-electron chi connectivity index (χ0n) is 29.0. The molecule has 4 unspecified atom stereocenters. The fourth-order valence-corrected chi connectivity index (χ4v) is 10.4. The maximum atomic E-state index is 15.2. The van der Waals surface area contributed by atoms with Gasteiger partial charge in [-0.05, 0) is 105 Å². The maximum absolute atomic E-state index is 15.2. The Bertz CT molecular complexity index is 1930. The molecule has 2 aromatic carbocycles. The molecule has 2 N–H and O–H groups in total. The number of nitrogens with zero attached hydrogens (tertiary/aromatic N) is 4. The summed E-state index contributed by atoms with van der Waals surface area (Å²) in [5.74, 6) is 0.546. The van der Waals surface area contributed by atoms with Gasteiger partial charge in [-0.1, -0.05) is 31.7 Å². The first kappa shape index (κ1) is 32.8. The normalized spacial score (nSPS) is 27.4. The van der Waals surface area contributed by atoms with Gasteiger partial charge in [0.15, 0.2) is 0 Å². The van der Waals surface area contributed by atoms with Gasteiger partial charge in [-0.2, -0.15) is 12.7 Å². The molecular weight excluding hydrogens is 639 g/mol. The summed E-state index contributed by atoms with van der Waals surface area (Å²) in [4.78, 5) is 33.3. The molecule has 49 heavy (non-hydrogen) atoms. The number of hydrogen-bond donors (Lipinski definition) is 2. The van der Waals surface area contributed by atoms with Crippen LogP contribution in [0.4, 0.5) is 0 Å². The highest BCUT2D eigenvalue weighted by molar-refractivity contribution is 7.87. The molecule has 3 aliphatic heterocycles. The Morgan fingerprint density at radius 3 is 2.51 bits per heavy atom. The lowest BCUT2D eigenvalue weighted by molar-refractivity contribution is -0.142. The highest BCUT2D eigenvalue weighted by atomic mass is 32.2. The molecule has 0 bridgehead atoms. The largest absolute Gasteiger partial charge is 0.508 e. The van der Waals surface area contributed by atoms with Crippen molar-refractivity contribution in [3.05, 3.63) is 53.1 Å². The van der Waals surface area contributed by atoms with Crippen molar-refractivity contribution in [3.63, 3.8) is 0 Å². The minimum absolute atomic E-state index is 0.0130. The minimum atomic E-state index is -3.98. The Labute approximate surface area is 289 Å². The van der Waals surface area contributed by atoms with Gasteiger partial charge in [-0.25, -0.2) is 4.72 Å². The van der Waals surface area contributed by atoms with E-state index in [2.05, 4.69) is 26.1 Å². The van der Waals surface area contributed by atoms with Gasteiger partial charge in [0.2, 0.25) is 5.91 Å². The monoisotopic (exact) mass is 687 g/mol. The Kier molecular flexibility index (Phi) is 8.11. The SMILES string of the molecule is CN1CCC2C(CCCCN2C(=O)C23CC2c2cc(O)ccc2-c2c(C4CCCCC4)c4ccc(C(=O)NS(=O)(=O)N(C)C)cc4n2C3)C1. The molecule has 2 amide bonds. The van der Waals surface area contributed by atoms with E-state index in [1.807, 2.05) is 24.3 Å². The average Bonchev–Trinajstić information content (AvgIpc) is 3.79. The van der Waals surface area contributed by atoms with E-state index in [1.165, 1.54) is 26.1 Å². The number of hydrogen-bond acceptors (Lipinski definition) is 6. The first-order valence-electron chi connectivity index (χ1n) is 18.2. The van der Waals surface area contributed by atoms with Crippen LogP contribution < -0.4 is 4.72 Å². The third-order valence-electron chi connectivity index (χ3n) is 12.5. The topological polar surface area (TPSA) is 115 Å². The second-order valence-corrected chi connectivity index (χ2v) is 17.6. The van der Waals surface area contributed by atoms with Crippen LogP contribution in [-0.2, 0) is 21.5 Å². The lowest BCUT2D eigenvalue weighted by atomic mass is 9.81. The maximum Gasteiger partial charge on any atom is 0.303 e. The third-order valence-corrected chi connectivity index (χ3v) is 13.9. The summed E-state index contributed by atoms with van der Waals surface area (Å²) >= 11 is 0. The van der Waals surface area contributed by atoms with Crippen LogP contribution in [-0.4, -0.2) is 90.8 Å². The molecule has 4 heterocycles. The van der Waals surface area contributed by atoms with Crippen LogP contribution in [0.2, 0.25) is 0 Å². The van der Waals surface area contributed by atoms with Crippen molar-refractivity contribution in [2.75, 3.05) is 40.8 Å². The van der Waals surface area contributed by atoms with Crippen LogP contribution in [0.15, 0.2) is 36.4 Å². The summed E-state index contributed by atoms with van der Waals surface area (Å²) in [6, 6.07) is 11.4. The van der Waals surface area contributed by atoms with E-state index in [9.17, 15) is 18.3 Å². The third kappa shape index (κ3) is 5.47. The molecule has 2 saturated heterocycles. The van der Waals surface area contributed by atoms with Gasteiger partial charge in [0.1, 0.15) is 5.75 Å². The molecule has 4 fully saturated rings. The lowest BCUT2D eigenvalue weighted by Gasteiger charge is -2.43. The van der Waals surface area contributed by atoms with E-state index in [0.29, 0.717) is 18.4 Å². The number of carbonyl (C=O) groups is 2. The van der Waals surface area contributed by atoms with Crippen LogP contribution in [0.5, 0.6) is 5.75 Å². The Morgan fingerprint density at radius 1 is 0.959 bits per heavy atom. The van der Waals surface area contributed by atoms with Crippen LogP contribution in [0.1, 0.15) is 97.5 Å². The highest BCUT2D eigenvalue weighted by Gasteiger charge is 2.64. The number of nitrogens with one attached hydrogen (secondary N) is 1. The molecule has 5 aliphatic rings. The first-order chi connectivity index (χ1) is 23.5. The summed E-state index contributed by atoms with van der Waals surface area (Å²) in [5.41, 5.74) is 4.90. The molecule has 0 spiro atoms. The zero-order chi connectivity index (χ0) is 34.2. The van der Waals surface area contributed by atoms with Crippen molar-refractivity contribution in [1.29, 1.82) is 0 Å². The quantitative estimate of drug-likeness (QED) is 0.371. The second kappa shape index (κ2) is 12.1. The van der Waals surface area contributed by atoms with Crippen LogP contribution in [0, 0.1) is 11.3 Å². The summed E-state index contributed by atoms with van der Waals surface area (Å²) in [6.07, 6.45) is 10.7. The Hall–Kier alpha value is -3.41. The van der Waals surface area contributed by atoms with Gasteiger partial charge >= 0.3 is 10.2 Å². The lowest BCUT2D eigenvalue weighted by Crippen LogP contribution is -2.53. The van der Waals surface area contributed by atoms with Gasteiger partial charge in [0.05, 0.1) is 11.1 Å². The number of aromatic nitrogens is 1. The number of phenols is 1. The van der Waals surface area contributed by atoms with Gasteiger partial charge in [-0.15, -0.1) is 0 Å². The molecule has 262 valence electrons. The molecule has 11 heteroatoms. The Morgan fingerprint density at radius 2 is 1.73 bits per heavy atom. The molecule has 2 saturated carbocycles. The number of benzene rings is 2. The van der Waals surface area contributed by atoms with Crippen molar-refractivity contribution in [2.45, 2.75) is 88.6 Å². The number of rotatable bonds is 5. The fourth-order valence-electron chi connectivity index (χ4n) is 9.86.